The van der Waals surface area contributed by atoms with Gasteiger partial charge in [0.1, 0.15) is 0 Å². The van der Waals surface area contributed by atoms with E-state index in [4.69, 9.17) is 5.73 Å². The molecule has 0 atom stereocenters. The van der Waals surface area contributed by atoms with Crippen molar-refractivity contribution in [2.24, 2.45) is 5.73 Å². The lowest BCUT2D eigenvalue weighted by Gasteiger charge is -2.21. The molecule has 0 amide bonds. The molecule has 0 spiro atoms. The third-order valence-electron chi connectivity index (χ3n) is 3.20. The number of hydrogen-bond acceptors (Lipinski definition) is 3. The molecule has 0 fully saturated rings. The van der Waals surface area contributed by atoms with Crippen LogP contribution in [0, 0.1) is 0 Å². The van der Waals surface area contributed by atoms with Crippen LogP contribution in [0.5, 0.6) is 0 Å². The van der Waals surface area contributed by atoms with Crippen molar-refractivity contribution in [3.63, 3.8) is 0 Å². The molecule has 0 saturated carbocycles. The van der Waals surface area contributed by atoms with Gasteiger partial charge < -0.3 is 16.0 Å². The maximum Gasteiger partial charge on any atom is 0.0366 e. The minimum atomic E-state index is 0.792. The van der Waals surface area contributed by atoms with Crippen molar-refractivity contribution in [1.29, 1.82) is 0 Å². The molecule has 1 aromatic rings. The van der Waals surface area contributed by atoms with Crippen molar-refractivity contribution < 1.29 is 0 Å². The lowest BCUT2D eigenvalue weighted by molar-refractivity contribution is 0.627. The Labute approximate surface area is 111 Å². The molecule has 0 heterocycles. The zero-order chi connectivity index (χ0) is 13.2. The molecule has 18 heavy (non-hydrogen) atoms. The number of rotatable bonds is 9. The first-order valence-electron chi connectivity index (χ1n) is 7.06. The van der Waals surface area contributed by atoms with Crippen molar-refractivity contribution in [3.05, 3.63) is 29.8 Å². The normalized spacial score (nSPS) is 10.6. The SMILES string of the molecule is CCN(CC)c1ccc(CNCCCCN)cc1. The van der Waals surface area contributed by atoms with E-state index in [0.29, 0.717) is 0 Å². The van der Waals surface area contributed by atoms with Gasteiger partial charge >= 0.3 is 0 Å². The van der Waals surface area contributed by atoms with E-state index in [0.717, 1.165) is 45.6 Å². The summed E-state index contributed by atoms with van der Waals surface area (Å²) in [7, 11) is 0. The summed E-state index contributed by atoms with van der Waals surface area (Å²) in [6.45, 7) is 9.30. The second-order valence-electron chi connectivity index (χ2n) is 4.51. The fraction of sp³-hybridized carbons (Fsp3) is 0.600. The Morgan fingerprint density at radius 1 is 1.06 bits per heavy atom. The van der Waals surface area contributed by atoms with E-state index in [-0.39, 0.29) is 0 Å². The Hall–Kier alpha value is -1.06. The van der Waals surface area contributed by atoms with Gasteiger partial charge in [-0.15, -0.1) is 0 Å². The molecular formula is C15H27N3. The van der Waals surface area contributed by atoms with E-state index < -0.39 is 0 Å². The summed E-state index contributed by atoms with van der Waals surface area (Å²) in [6.07, 6.45) is 2.27. The summed E-state index contributed by atoms with van der Waals surface area (Å²) in [6, 6.07) is 8.85. The van der Waals surface area contributed by atoms with Gasteiger partial charge in [0.2, 0.25) is 0 Å². The topological polar surface area (TPSA) is 41.3 Å². The summed E-state index contributed by atoms with van der Waals surface area (Å²) < 4.78 is 0. The van der Waals surface area contributed by atoms with Crippen LogP contribution < -0.4 is 16.0 Å². The third-order valence-corrected chi connectivity index (χ3v) is 3.20. The highest BCUT2D eigenvalue weighted by Crippen LogP contribution is 2.14. The molecule has 1 aromatic carbocycles. The van der Waals surface area contributed by atoms with Gasteiger partial charge in [0.25, 0.3) is 0 Å². The number of benzene rings is 1. The molecular weight excluding hydrogens is 222 g/mol. The van der Waals surface area contributed by atoms with E-state index in [1.807, 2.05) is 0 Å². The molecule has 0 radical (unpaired) electrons. The van der Waals surface area contributed by atoms with Crippen LogP contribution in [-0.2, 0) is 6.54 Å². The monoisotopic (exact) mass is 249 g/mol. The van der Waals surface area contributed by atoms with Crippen LogP contribution in [-0.4, -0.2) is 26.2 Å². The van der Waals surface area contributed by atoms with E-state index in [1.54, 1.807) is 0 Å². The van der Waals surface area contributed by atoms with Crippen molar-refractivity contribution >= 4 is 5.69 Å². The molecule has 0 aromatic heterocycles. The number of nitrogens with one attached hydrogen (secondary N) is 1. The van der Waals surface area contributed by atoms with Crippen molar-refractivity contribution in [3.8, 4) is 0 Å². The molecule has 0 unspecified atom stereocenters. The summed E-state index contributed by atoms with van der Waals surface area (Å²) in [5, 5.41) is 3.44. The third kappa shape index (κ3) is 5.07. The summed E-state index contributed by atoms with van der Waals surface area (Å²) in [5.74, 6) is 0. The molecule has 3 N–H and O–H groups in total. The highest BCUT2D eigenvalue weighted by Gasteiger charge is 2.00. The largest absolute Gasteiger partial charge is 0.372 e. The average Bonchev–Trinajstić information content (AvgIpc) is 2.41. The maximum absolute atomic E-state index is 5.46. The second-order valence-corrected chi connectivity index (χ2v) is 4.51. The van der Waals surface area contributed by atoms with Gasteiger partial charge in [0.15, 0.2) is 0 Å². The van der Waals surface area contributed by atoms with Gasteiger partial charge in [-0.05, 0) is 57.5 Å². The van der Waals surface area contributed by atoms with Gasteiger partial charge in [0, 0.05) is 25.3 Å². The summed E-state index contributed by atoms with van der Waals surface area (Å²) >= 11 is 0. The van der Waals surface area contributed by atoms with Crippen LogP contribution in [0.3, 0.4) is 0 Å². The Morgan fingerprint density at radius 3 is 2.28 bits per heavy atom. The van der Waals surface area contributed by atoms with Gasteiger partial charge in [-0.1, -0.05) is 12.1 Å². The zero-order valence-corrected chi connectivity index (χ0v) is 11.8. The van der Waals surface area contributed by atoms with E-state index in [2.05, 4.69) is 48.3 Å². The standard InChI is InChI=1S/C15H27N3/c1-3-18(4-2)15-9-7-14(8-10-15)13-17-12-6-5-11-16/h7-10,17H,3-6,11-13,16H2,1-2H3. The Kier molecular flexibility index (Phi) is 7.46. The van der Waals surface area contributed by atoms with Crippen LogP contribution in [0.1, 0.15) is 32.3 Å². The molecule has 1 rings (SSSR count). The lowest BCUT2D eigenvalue weighted by atomic mass is 10.2. The van der Waals surface area contributed by atoms with Gasteiger partial charge in [0.05, 0.1) is 0 Å². The van der Waals surface area contributed by atoms with Gasteiger partial charge in [-0.25, -0.2) is 0 Å². The maximum atomic E-state index is 5.46. The number of hydrogen-bond donors (Lipinski definition) is 2. The summed E-state index contributed by atoms with van der Waals surface area (Å²) in [4.78, 5) is 2.36. The molecule has 0 aliphatic heterocycles. The van der Waals surface area contributed by atoms with Crippen LogP contribution in [0.4, 0.5) is 5.69 Å². The lowest BCUT2D eigenvalue weighted by Crippen LogP contribution is -2.21. The van der Waals surface area contributed by atoms with Gasteiger partial charge in [-0.2, -0.15) is 0 Å². The Balaban J connectivity index is 2.35. The quantitative estimate of drug-likeness (QED) is 0.660. The van der Waals surface area contributed by atoms with Crippen LogP contribution >= 0.6 is 0 Å². The van der Waals surface area contributed by atoms with E-state index in [9.17, 15) is 0 Å². The Bertz CT molecular complexity index is 304. The van der Waals surface area contributed by atoms with Crippen LogP contribution in [0.25, 0.3) is 0 Å². The highest BCUT2D eigenvalue weighted by molar-refractivity contribution is 5.47. The fourth-order valence-electron chi connectivity index (χ4n) is 2.04. The number of nitrogens with zero attached hydrogens (tertiary/aromatic N) is 1. The Morgan fingerprint density at radius 2 is 1.72 bits per heavy atom. The van der Waals surface area contributed by atoms with E-state index >= 15 is 0 Å². The zero-order valence-electron chi connectivity index (χ0n) is 11.8. The smallest absolute Gasteiger partial charge is 0.0366 e. The van der Waals surface area contributed by atoms with E-state index in [1.165, 1.54) is 11.3 Å². The average molecular weight is 249 g/mol. The van der Waals surface area contributed by atoms with Crippen molar-refractivity contribution in [2.75, 3.05) is 31.1 Å². The number of anilines is 1. The van der Waals surface area contributed by atoms with Gasteiger partial charge in [-0.3, -0.25) is 0 Å². The predicted octanol–water partition coefficient (Wildman–Crippen LogP) is 2.36. The molecule has 3 heteroatoms. The predicted molar refractivity (Wildman–Crippen MR) is 80.0 cm³/mol. The molecule has 102 valence electrons. The first-order valence-corrected chi connectivity index (χ1v) is 7.06. The minimum Gasteiger partial charge on any atom is -0.372 e. The first kappa shape index (κ1) is 15.0. The highest BCUT2D eigenvalue weighted by atomic mass is 15.1. The number of unbranched alkanes of at least 4 members (excludes halogenated alkanes) is 1. The molecule has 0 aliphatic rings. The molecule has 0 saturated heterocycles. The second kappa shape index (κ2) is 8.95. The fourth-order valence-corrected chi connectivity index (χ4v) is 2.04. The van der Waals surface area contributed by atoms with Crippen LogP contribution in [0.2, 0.25) is 0 Å². The summed E-state index contributed by atoms with van der Waals surface area (Å²) in [5.41, 5.74) is 8.12. The van der Waals surface area contributed by atoms with Crippen molar-refractivity contribution in [1.82, 2.24) is 5.32 Å². The molecule has 3 nitrogen and oxygen atoms in total. The van der Waals surface area contributed by atoms with Crippen LogP contribution in [0.15, 0.2) is 24.3 Å². The van der Waals surface area contributed by atoms with Crippen molar-refractivity contribution in [2.45, 2.75) is 33.2 Å². The molecule has 0 aliphatic carbocycles. The minimum absolute atomic E-state index is 0.792. The number of nitrogens with two attached hydrogens (primary N) is 1. The first-order chi connectivity index (χ1) is 8.81. The molecule has 0 bridgehead atoms.